The zero-order chi connectivity index (χ0) is 24.9. The quantitative estimate of drug-likeness (QED) is 0.308. The molecule has 0 amide bonds. The second-order valence-corrected chi connectivity index (χ2v) is 9.32. The molecule has 1 saturated carbocycles. The third-order valence-corrected chi connectivity index (χ3v) is 6.85. The summed E-state index contributed by atoms with van der Waals surface area (Å²) < 4.78 is 6.57. The van der Waals surface area contributed by atoms with E-state index in [1.54, 1.807) is 23.9 Å². The first kappa shape index (κ1) is 24.1. The summed E-state index contributed by atoms with van der Waals surface area (Å²) in [6.45, 7) is 2.24. The Bertz CT molecular complexity index is 1260. The van der Waals surface area contributed by atoms with E-state index in [-0.39, 0.29) is 12.6 Å². The number of nitrogens with one attached hydrogen (secondary N) is 1. The first-order chi connectivity index (χ1) is 17.6. The summed E-state index contributed by atoms with van der Waals surface area (Å²) in [4.78, 5) is 8.23. The van der Waals surface area contributed by atoms with Crippen LogP contribution in [0.1, 0.15) is 60.6 Å². The molecule has 36 heavy (non-hydrogen) atoms. The molecule has 8 heteroatoms. The molecule has 1 aliphatic rings. The number of nitrogens with zero attached hydrogens (tertiary/aromatic N) is 4. The van der Waals surface area contributed by atoms with Crippen LogP contribution in [-0.4, -0.2) is 42.6 Å². The van der Waals surface area contributed by atoms with Gasteiger partial charge in [0.15, 0.2) is 5.82 Å². The van der Waals surface area contributed by atoms with Gasteiger partial charge in [0.25, 0.3) is 0 Å². The summed E-state index contributed by atoms with van der Waals surface area (Å²) in [5, 5.41) is 27.1. The zero-order valence-corrected chi connectivity index (χ0v) is 20.2. The van der Waals surface area contributed by atoms with Gasteiger partial charge in [-0.05, 0) is 47.9 Å². The first-order valence-corrected chi connectivity index (χ1v) is 12.3. The summed E-state index contributed by atoms with van der Waals surface area (Å²) in [5.74, 6) is 1.81. The Labute approximate surface area is 210 Å². The molecule has 0 aliphatic heterocycles. The van der Waals surface area contributed by atoms with Crippen LogP contribution < -0.4 is 5.32 Å². The lowest BCUT2D eigenvalue weighted by atomic mass is 9.75. The van der Waals surface area contributed by atoms with Crippen LogP contribution in [0.5, 0.6) is 0 Å². The highest BCUT2D eigenvalue weighted by Crippen LogP contribution is 2.37. The Hall–Kier alpha value is -3.59. The molecule has 0 saturated heterocycles. The van der Waals surface area contributed by atoms with E-state index in [1.807, 2.05) is 12.2 Å². The molecule has 1 aliphatic carbocycles. The lowest BCUT2D eigenvalue weighted by Crippen LogP contribution is -2.39. The van der Waals surface area contributed by atoms with Crippen LogP contribution in [0.2, 0.25) is 0 Å². The van der Waals surface area contributed by atoms with Crippen molar-refractivity contribution in [1.29, 1.82) is 0 Å². The maximum atomic E-state index is 9.89. The second-order valence-electron chi connectivity index (χ2n) is 9.32. The monoisotopic (exact) mass is 485 g/mol. The number of benzene rings is 2. The number of hydrogen-bond acceptors (Lipinski definition) is 7. The Morgan fingerprint density at radius 2 is 1.81 bits per heavy atom. The molecular weight excluding hydrogens is 454 g/mol. The van der Waals surface area contributed by atoms with Crippen molar-refractivity contribution in [2.24, 2.45) is 0 Å². The average Bonchev–Trinajstić information content (AvgIpc) is 3.57. The maximum Gasteiger partial charge on any atom is 0.213 e. The van der Waals surface area contributed by atoms with E-state index in [0.717, 1.165) is 24.0 Å². The minimum atomic E-state index is -0.696. The number of imidazole rings is 1. The molecule has 0 bridgehead atoms. The van der Waals surface area contributed by atoms with E-state index in [4.69, 9.17) is 4.52 Å². The fourth-order valence-corrected chi connectivity index (χ4v) is 4.69. The van der Waals surface area contributed by atoms with Gasteiger partial charge in [0.2, 0.25) is 6.39 Å². The van der Waals surface area contributed by atoms with Crippen LogP contribution in [-0.2, 0) is 6.54 Å². The summed E-state index contributed by atoms with van der Waals surface area (Å²) in [7, 11) is 0. The fourth-order valence-electron chi connectivity index (χ4n) is 4.69. The Kier molecular flexibility index (Phi) is 7.36. The Balaban J connectivity index is 1.16. The summed E-state index contributed by atoms with van der Waals surface area (Å²) in [6, 6.07) is 17.4. The standard InChI is InChI=1S/C28H31N5O3/c1-19(35)28-29-12-13-33(28)26(17-34)11-4-20-2-5-21(6-3-20)22-7-9-23(10-8-22)24-14-25(15-24)30-16-27-31-18-36-32-27/h2-13,18-19,24-26,30,34-35H,14-17H2,1H3/b11-4+. The van der Waals surface area contributed by atoms with E-state index in [2.05, 4.69) is 69.0 Å². The molecule has 4 aromatic rings. The molecule has 2 atom stereocenters. The van der Waals surface area contributed by atoms with Gasteiger partial charge in [-0.15, -0.1) is 0 Å². The molecule has 186 valence electrons. The van der Waals surface area contributed by atoms with Gasteiger partial charge in [0.1, 0.15) is 11.9 Å². The second kappa shape index (κ2) is 11.0. The van der Waals surface area contributed by atoms with Gasteiger partial charge in [0.05, 0.1) is 19.2 Å². The van der Waals surface area contributed by atoms with Crippen LogP contribution in [0.3, 0.4) is 0 Å². The van der Waals surface area contributed by atoms with Crippen molar-refractivity contribution in [3.05, 3.63) is 96.2 Å². The lowest BCUT2D eigenvalue weighted by molar-refractivity contribution is 0.175. The summed E-state index contributed by atoms with van der Waals surface area (Å²) >= 11 is 0. The van der Waals surface area contributed by atoms with Crippen LogP contribution in [0.4, 0.5) is 0 Å². The molecule has 2 unspecified atom stereocenters. The van der Waals surface area contributed by atoms with Crippen molar-refractivity contribution in [3.8, 4) is 11.1 Å². The van der Waals surface area contributed by atoms with E-state index in [9.17, 15) is 10.2 Å². The summed E-state index contributed by atoms with van der Waals surface area (Å²) in [5.41, 5.74) is 4.77. The van der Waals surface area contributed by atoms with Crippen molar-refractivity contribution in [1.82, 2.24) is 25.0 Å². The van der Waals surface area contributed by atoms with Gasteiger partial charge < -0.3 is 24.6 Å². The predicted molar refractivity (Wildman–Crippen MR) is 137 cm³/mol. The molecule has 5 rings (SSSR count). The number of hydrogen-bond donors (Lipinski definition) is 3. The van der Waals surface area contributed by atoms with E-state index < -0.39 is 6.10 Å². The molecule has 8 nitrogen and oxygen atoms in total. The highest BCUT2D eigenvalue weighted by molar-refractivity contribution is 5.66. The van der Waals surface area contributed by atoms with E-state index in [0.29, 0.717) is 30.2 Å². The fraction of sp³-hybridized carbons (Fsp3) is 0.321. The van der Waals surface area contributed by atoms with E-state index in [1.165, 1.54) is 17.5 Å². The van der Waals surface area contributed by atoms with Crippen LogP contribution in [0, 0.1) is 0 Å². The third kappa shape index (κ3) is 5.46. The third-order valence-electron chi connectivity index (χ3n) is 6.85. The largest absolute Gasteiger partial charge is 0.394 e. The first-order valence-electron chi connectivity index (χ1n) is 12.3. The molecule has 2 aromatic carbocycles. The lowest BCUT2D eigenvalue weighted by Gasteiger charge is -2.36. The van der Waals surface area contributed by atoms with Crippen molar-refractivity contribution < 1.29 is 14.7 Å². The van der Waals surface area contributed by atoms with Crippen molar-refractivity contribution in [3.63, 3.8) is 0 Å². The SMILES string of the molecule is CC(O)c1nccn1C(/C=C/c1ccc(-c2ccc(C3CC(NCc4ncon4)C3)cc2)cc1)CO. The zero-order valence-electron chi connectivity index (χ0n) is 20.2. The number of aromatic nitrogens is 4. The number of rotatable bonds is 10. The topological polar surface area (TPSA) is 109 Å². The number of aliphatic hydroxyl groups is 2. The normalized spacial score (nSPS) is 19.3. The molecule has 1 fully saturated rings. The van der Waals surface area contributed by atoms with Gasteiger partial charge in [-0.25, -0.2) is 4.98 Å². The van der Waals surface area contributed by atoms with Crippen LogP contribution >= 0.6 is 0 Å². The smallest absolute Gasteiger partial charge is 0.213 e. The highest BCUT2D eigenvalue weighted by Gasteiger charge is 2.30. The Morgan fingerprint density at radius 3 is 2.44 bits per heavy atom. The van der Waals surface area contributed by atoms with Gasteiger partial charge >= 0.3 is 0 Å². The Morgan fingerprint density at radius 1 is 1.08 bits per heavy atom. The molecular formula is C28H31N5O3. The van der Waals surface area contributed by atoms with Gasteiger partial charge in [-0.2, -0.15) is 4.98 Å². The van der Waals surface area contributed by atoms with Gasteiger partial charge in [-0.3, -0.25) is 0 Å². The summed E-state index contributed by atoms with van der Waals surface area (Å²) in [6.07, 6.45) is 10.2. The van der Waals surface area contributed by atoms with Crippen molar-refractivity contribution in [2.75, 3.05) is 6.61 Å². The van der Waals surface area contributed by atoms with Gasteiger partial charge in [-0.1, -0.05) is 65.8 Å². The maximum absolute atomic E-state index is 9.89. The molecule has 0 spiro atoms. The minimum Gasteiger partial charge on any atom is -0.394 e. The number of aliphatic hydroxyl groups excluding tert-OH is 2. The van der Waals surface area contributed by atoms with Crippen LogP contribution in [0.25, 0.3) is 17.2 Å². The molecule has 0 radical (unpaired) electrons. The molecule has 3 N–H and O–H groups in total. The van der Waals surface area contributed by atoms with Gasteiger partial charge in [0, 0.05) is 18.4 Å². The predicted octanol–water partition coefficient (Wildman–Crippen LogP) is 4.27. The van der Waals surface area contributed by atoms with Crippen molar-refractivity contribution >= 4 is 6.08 Å². The van der Waals surface area contributed by atoms with Crippen LogP contribution in [0.15, 0.2) is 77.9 Å². The average molecular weight is 486 g/mol. The molecule has 2 heterocycles. The highest BCUT2D eigenvalue weighted by atomic mass is 16.5. The minimum absolute atomic E-state index is 0.0758. The van der Waals surface area contributed by atoms with Crippen molar-refractivity contribution in [2.45, 2.75) is 50.4 Å². The van der Waals surface area contributed by atoms with E-state index >= 15 is 0 Å². The molecule has 2 aromatic heterocycles.